The largest absolute Gasteiger partial charge is 0.290 e. The van der Waals surface area contributed by atoms with Gasteiger partial charge in [-0.3, -0.25) is 4.84 Å². The van der Waals surface area contributed by atoms with E-state index in [1.807, 2.05) is 4.89 Å². The third-order valence-corrected chi connectivity index (χ3v) is 2.95. The summed E-state index contributed by atoms with van der Waals surface area (Å²) in [6.07, 6.45) is 0.318. The molecule has 1 rings (SSSR count). The quantitative estimate of drug-likeness (QED) is 0.767. The molecule has 0 fully saturated rings. The van der Waals surface area contributed by atoms with E-state index in [0.717, 1.165) is 5.56 Å². The van der Waals surface area contributed by atoms with Gasteiger partial charge in [-0.2, -0.15) is 0 Å². The van der Waals surface area contributed by atoms with Crippen LogP contribution in [0.4, 0.5) is 4.39 Å². The van der Waals surface area contributed by atoms with Crippen LogP contribution in [0.1, 0.15) is 5.56 Å². The second-order valence-electron chi connectivity index (χ2n) is 2.98. The molecule has 1 aromatic carbocycles. The van der Waals surface area contributed by atoms with E-state index < -0.39 is 10.0 Å². The molecule has 0 unspecified atom stereocenters. The molecule has 0 spiro atoms. The van der Waals surface area contributed by atoms with Crippen LogP contribution < -0.4 is 4.89 Å². The summed E-state index contributed by atoms with van der Waals surface area (Å²) >= 11 is 0. The Balaban J connectivity index is 2.54. The summed E-state index contributed by atoms with van der Waals surface area (Å²) in [5.74, 6) is -0.427. The molecule has 1 aromatic rings. The molecule has 0 radical (unpaired) electrons. The average molecular weight is 233 g/mol. The number of hydrogen-bond donors (Lipinski definition) is 1. The lowest BCUT2D eigenvalue weighted by Gasteiger charge is -2.03. The average Bonchev–Trinajstić information content (AvgIpc) is 2.17. The van der Waals surface area contributed by atoms with Crippen molar-refractivity contribution in [2.45, 2.75) is 6.42 Å². The first-order valence-electron chi connectivity index (χ1n) is 4.30. The van der Waals surface area contributed by atoms with E-state index >= 15 is 0 Å². The molecule has 0 amide bonds. The van der Waals surface area contributed by atoms with Crippen molar-refractivity contribution in [3.05, 3.63) is 35.6 Å². The molecule has 1 N–H and O–H groups in total. The molecule has 0 atom stereocenters. The minimum absolute atomic E-state index is 0.0908. The summed E-state index contributed by atoms with van der Waals surface area (Å²) < 4.78 is 34.9. The molecule has 0 aliphatic rings. The van der Waals surface area contributed by atoms with E-state index in [0.29, 0.717) is 6.42 Å². The summed E-state index contributed by atoms with van der Waals surface area (Å²) in [6, 6.07) is 5.70. The standard InChI is InChI=1S/C9H12FNO3S/c1-14-11-15(12,13)7-6-8-2-4-9(10)5-3-8/h2-5,11H,6-7H2,1H3. The summed E-state index contributed by atoms with van der Waals surface area (Å²) in [6.45, 7) is 0. The van der Waals surface area contributed by atoms with Crippen molar-refractivity contribution in [2.24, 2.45) is 0 Å². The number of hydrogen-bond acceptors (Lipinski definition) is 3. The van der Waals surface area contributed by atoms with Gasteiger partial charge in [0.1, 0.15) is 5.82 Å². The molecule has 84 valence electrons. The molecule has 6 heteroatoms. The molecule has 0 heterocycles. The summed E-state index contributed by atoms with van der Waals surface area (Å²) in [7, 11) is -2.17. The molecular formula is C9H12FNO3S. The molecular weight excluding hydrogens is 221 g/mol. The van der Waals surface area contributed by atoms with Crippen molar-refractivity contribution < 1.29 is 17.6 Å². The third-order valence-electron chi connectivity index (χ3n) is 1.78. The van der Waals surface area contributed by atoms with Gasteiger partial charge in [-0.05, 0) is 24.1 Å². The van der Waals surface area contributed by atoms with Crippen LogP contribution in [0.15, 0.2) is 24.3 Å². The van der Waals surface area contributed by atoms with Crippen molar-refractivity contribution >= 4 is 10.0 Å². The first kappa shape index (κ1) is 12.1. The molecule has 0 bridgehead atoms. The highest BCUT2D eigenvalue weighted by atomic mass is 32.2. The van der Waals surface area contributed by atoms with Crippen LogP contribution in [-0.2, 0) is 21.3 Å². The van der Waals surface area contributed by atoms with Gasteiger partial charge in [0.05, 0.1) is 12.9 Å². The van der Waals surface area contributed by atoms with Gasteiger partial charge >= 0.3 is 0 Å². The van der Waals surface area contributed by atoms with Gasteiger partial charge in [0.2, 0.25) is 10.0 Å². The number of sulfonamides is 1. The fourth-order valence-electron chi connectivity index (χ4n) is 1.07. The Bertz CT molecular complexity index is 402. The maximum Gasteiger partial charge on any atom is 0.233 e. The highest BCUT2D eigenvalue weighted by molar-refractivity contribution is 7.89. The topological polar surface area (TPSA) is 55.4 Å². The number of nitrogens with one attached hydrogen (secondary N) is 1. The van der Waals surface area contributed by atoms with Gasteiger partial charge < -0.3 is 0 Å². The van der Waals surface area contributed by atoms with Crippen LogP contribution in [-0.4, -0.2) is 21.3 Å². The Labute approximate surface area is 88.1 Å². The number of aryl methyl sites for hydroxylation is 1. The second-order valence-corrected chi connectivity index (χ2v) is 4.79. The highest BCUT2D eigenvalue weighted by Crippen LogP contribution is 2.04. The minimum Gasteiger partial charge on any atom is -0.290 e. The predicted octanol–water partition coefficient (Wildman–Crippen LogP) is 0.849. The van der Waals surface area contributed by atoms with Crippen LogP contribution >= 0.6 is 0 Å². The molecule has 0 saturated heterocycles. The van der Waals surface area contributed by atoms with Gasteiger partial charge in [-0.25, -0.2) is 12.8 Å². The van der Waals surface area contributed by atoms with Crippen molar-refractivity contribution in [3.63, 3.8) is 0 Å². The van der Waals surface area contributed by atoms with Crippen LogP contribution in [0, 0.1) is 5.82 Å². The van der Waals surface area contributed by atoms with Crippen molar-refractivity contribution in [3.8, 4) is 0 Å². The normalized spacial score (nSPS) is 11.6. The van der Waals surface area contributed by atoms with Crippen molar-refractivity contribution in [2.75, 3.05) is 12.9 Å². The summed E-state index contributed by atoms with van der Waals surface area (Å²) in [5, 5.41) is 0. The molecule has 0 saturated carbocycles. The lowest BCUT2D eigenvalue weighted by atomic mass is 10.2. The SMILES string of the molecule is CONS(=O)(=O)CCc1ccc(F)cc1. The minimum atomic E-state index is -3.41. The number of halogens is 1. The smallest absolute Gasteiger partial charge is 0.233 e. The van der Waals surface area contributed by atoms with E-state index in [1.165, 1.54) is 19.2 Å². The molecule has 0 aromatic heterocycles. The van der Waals surface area contributed by atoms with Gasteiger partial charge in [0.25, 0.3) is 0 Å². The van der Waals surface area contributed by atoms with Crippen LogP contribution in [0.25, 0.3) is 0 Å². The fourth-order valence-corrected chi connectivity index (χ4v) is 1.91. The Hall–Kier alpha value is -0.980. The molecule has 4 nitrogen and oxygen atoms in total. The van der Waals surface area contributed by atoms with E-state index in [9.17, 15) is 12.8 Å². The Kier molecular flexibility index (Phi) is 4.19. The molecule has 15 heavy (non-hydrogen) atoms. The predicted molar refractivity (Wildman–Crippen MR) is 54.0 cm³/mol. The zero-order valence-corrected chi connectivity index (χ0v) is 9.05. The van der Waals surface area contributed by atoms with E-state index in [2.05, 4.69) is 4.84 Å². The Morgan fingerprint density at radius 1 is 1.33 bits per heavy atom. The molecule has 0 aliphatic carbocycles. The fraction of sp³-hybridized carbons (Fsp3) is 0.333. The van der Waals surface area contributed by atoms with Crippen molar-refractivity contribution in [1.29, 1.82) is 0 Å². The van der Waals surface area contributed by atoms with Crippen LogP contribution in [0.2, 0.25) is 0 Å². The Morgan fingerprint density at radius 3 is 2.47 bits per heavy atom. The highest BCUT2D eigenvalue weighted by Gasteiger charge is 2.09. The number of benzene rings is 1. The van der Waals surface area contributed by atoms with Gasteiger partial charge in [0.15, 0.2) is 0 Å². The second kappa shape index (κ2) is 5.20. The van der Waals surface area contributed by atoms with Crippen LogP contribution in [0.3, 0.4) is 0 Å². The van der Waals surface area contributed by atoms with Crippen molar-refractivity contribution in [1.82, 2.24) is 4.89 Å². The maximum atomic E-state index is 12.5. The van der Waals surface area contributed by atoms with E-state index in [4.69, 9.17) is 0 Å². The zero-order valence-electron chi connectivity index (χ0n) is 8.23. The summed E-state index contributed by atoms with van der Waals surface area (Å²) in [5.41, 5.74) is 0.762. The third kappa shape index (κ3) is 4.37. The first-order valence-corrected chi connectivity index (χ1v) is 5.95. The monoisotopic (exact) mass is 233 g/mol. The first-order chi connectivity index (χ1) is 7.03. The summed E-state index contributed by atoms with van der Waals surface area (Å²) in [4.78, 5) is 6.22. The Morgan fingerprint density at radius 2 is 1.93 bits per heavy atom. The van der Waals surface area contributed by atoms with Gasteiger partial charge in [0, 0.05) is 0 Å². The van der Waals surface area contributed by atoms with E-state index in [-0.39, 0.29) is 11.6 Å². The van der Waals surface area contributed by atoms with Gasteiger partial charge in [-0.15, -0.1) is 0 Å². The van der Waals surface area contributed by atoms with Gasteiger partial charge in [-0.1, -0.05) is 17.0 Å². The van der Waals surface area contributed by atoms with E-state index in [1.54, 1.807) is 12.1 Å². The molecule has 0 aliphatic heterocycles. The number of rotatable bonds is 5. The van der Waals surface area contributed by atoms with Crippen LogP contribution in [0.5, 0.6) is 0 Å². The zero-order chi connectivity index (χ0) is 11.3. The lowest BCUT2D eigenvalue weighted by molar-refractivity contribution is 0.153. The lowest BCUT2D eigenvalue weighted by Crippen LogP contribution is -2.26. The maximum absolute atomic E-state index is 12.5.